The molecule has 0 spiro atoms. The summed E-state index contributed by atoms with van der Waals surface area (Å²) in [5.41, 5.74) is 0.996. The maximum Gasteiger partial charge on any atom is 0.416 e. The fourth-order valence-corrected chi connectivity index (χ4v) is 2.23. The zero-order chi connectivity index (χ0) is 16.6. The SMILES string of the molecule is Cc1coc(C)c1-c1nc(Cc2cc(C(F)(F)F)ccn2)no1. The summed E-state index contributed by atoms with van der Waals surface area (Å²) in [4.78, 5) is 8.12. The van der Waals surface area contributed by atoms with Crippen molar-refractivity contribution in [1.82, 2.24) is 15.1 Å². The van der Waals surface area contributed by atoms with Crippen LogP contribution in [0, 0.1) is 13.8 Å². The predicted octanol–water partition coefficient (Wildman–Crippen LogP) is 3.95. The number of aryl methyl sites for hydroxylation is 2. The van der Waals surface area contributed by atoms with Gasteiger partial charge < -0.3 is 8.94 Å². The summed E-state index contributed by atoms with van der Waals surface area (Å²) >= 11 is 0. The second-order valence-electron chi connectivity index (χ2n) is 5.08. The number of pyridine rings is 1. The van der Waals surface area contributed by atoms with Crippen LogP contribution in [0.3, 0.4) is 0 Å². The number of aromatic nitrogens is 3. The fraction of sp³-hybridized carbons (Fsp3) is 0.267. The van der Waals surface area contributed by atoms with Gasteiger partial charge in [-0.3, -0.25) is 4.98 Å². The Bertz CT molecular complexity index is 817. The van der Waals surface area contributed by atoms with Gasteiger partial charge in [0.2, 0.25) is 0 Å². The molecule has 0 unspecified atom stereocenters. The molecule has 3 aromatic rings. The lowest BCUT2D eigenvalue weighted by Gasteiger charge is -2.06. The van der Waals surface area contributed by atoms with E-state index in [4.69, 9.17) is 8.94 Å². The number of alkyl halides is 3. The molecule has 0 aliphatic carbocycles. The van der Waals surface area contributed by atoms with Gasteiger partial charge in [-0.15, -0.1) is 0 Å². The molecule has 0 bridgehead atoms. The first-order chi connectivity index (χ1) is 10.8. The third-order valence-corrected chi connectivity index (χ3v) is 3.32. The molecule has 3 heterocycles. The van der Waals surface area contributed by atoms with Gasteiger partial charge in [0.05, 0.1) is 23.8 Å². The Kier molecular flexibility index (Phi) is 3.67. The van der Waals surface area contributed by atoms with E-state index in [9.17, 15) is 13.2 Å². The molecule has 8 heteroatoms. The molecule has 0 aromatic carbocycles. The maximum atomic E-state index is 12.7. The molecule has 0 amide bonds. The van der Waals surface area contributed by atoms with E-state index >= 15 is 0 Å². The minimum atomic E-state index is -4.41. The van der Waals surface area contributed by atoms with E-state index in [0.29, 0.717) is 11.3 Å². The first kappa shape index (κ1) is 15.3. The molecule has 0 saturated heterocycles. The quantitative estimate of drug-likeness (QED) is 0.730. The fourth-order valence-electron chi connectivity index (χ4n) is 2.23. The van der Waals surface area contributed by atoms with Gasteiger partial charge in [0.1, 0.15) is 5.76 Å². The highest BCUT2D eigenvalue weighted by Crippen LogP contribution is 2.30. The van der Waals surface area contributed by atoms with Crippen LogP contribution in [0.25, 0.3) is 11.5 Å². The summed E-state index contributed by atoms with van der Waals surface area (Å²) in [6.45, 7) is 3.60. The lowest BCUT2D eigenvalue weighted by molar-refractivity contribution is -0.137. The van der Waals surface area contributed by atoms with Crippen molar-refractivity contribution in [3.8, 4) is 11.5 Å². The maximum absolute atomic E-state index is 12.7. The molecule has 0 aliphatic rings. The van der Waals surface area contributed by atoms with E-state index in [1.165, 1.54) is 0 Å². The van der Waals surface area contributed by atoms with Crippen molar-refractivity contribution in [2.75, 3.05) is 0 Å². The number of hydrogen-bond acceptors (Lipinski definition) is 5. The van der Waals surface area contributed by atoms with Crippen LogP contribution in [0.1, 0.15) is 28.4 Å². The first-order valence-electron chi connectivity index (χ1n) is 6.74. The van der Waals surface area contributed by atoms with Crippen LogP contribution in [0.4, 0.5) is 13.2 Å². The molecule has 3 aromatic heterocycles. The van der Waals surface area contributed by atoms with Crippen LogP contribution in [0.15, 0.2) is 33.5 Å². The summed E-state index contributed by atoms with van der Waals surface area (Å²) in [6.07, 6.45) is -1.68. The van der Waals surface area contributed by atoms with Gasteiger partial charge in [-0.05, 0) is 26.0 Å². The second kappa shape index (κ2) is 5.53. The van der Waals surface area contributed by atoms with Crippen molar-refractivity contribution in [3.63, 3.8) is 0 Å². The van der Waals surface area contributed by atoms with Gasteiger partial charge in [-0.2, -0.15) is 18.2 Å². The van der Waals surface area contributed by atoms with Crippen LogP contribution < -0.4 is 0 Å². The molecule has 0 fully saturated rings. The van der Waals surface area contributed by atoms with Crippen LogP contribution in [0.2, 0.25) is 0 Å². The molecule has 5 nitrogen and oxygen atoms in total. The standard InChI is InChI=1S/C15H12F3N3O2/c1-8-7-22-9(2)13(8)14-20-12(21-23-14)6-11-5-10(3-4-19-11)15(16,17)18/h3-5,7H,6H2,1-2H3. The third kappa shape index (κ3) is 3.10. The van der Waals surface area contributed by atoms with Gasteiger partial charge in [-0.1, -0.05) is 5.16 Å². The van der Waals surface area contributed by atoms with E-state index in [-0.39, 0.29) is 23.8 Å². The van der Waals surface area contributed by atoms with Gasteiger partial charge in [0, 0.05) is 17.5 Å². The zero-order valence-electron chi connectivity index (χ0n) is 12.3. The van der Waals surface area contributed by atoms with E-state index in [2.05, 4.69) is 15.1 Å². The molecule has 23 heavy (non-hydrogen) atoms. The summed E-state index contributed by atoms with van der Waals surface area (Å²) in [5.74, 6) is 1.16. The summed E-state index contributed by atoms with van der Waals surface area (Å²) in [7, 11) is 0. The number of furan rings is 1. The van der Waals surface area contributed by atoms with Crippen LogP contribution in [-0.4, -0.2) is 15.1 Å². The highest BCUT2D eigenvalue weighted by atomic mass is 19.4. The molecule has 0 saturated carbocycles. The average Bonchev–Trinajstić information content (AvgIpc) is 3.05. The number of rotatable bonds is 3. The molecular formula is C15H12F3N3O2. The van der Waals surface area contributed by atoms with Gasteiger partial charge in [-0.25, -0.2) is 0 Å². The van der Waals surface area contributed by atoms with Crippen molar-refractivity contribution in [3.05, 3.63) is 53.0 Å². The summed E-state index contributed by atoms with van der Waals surface area (Å²) < 4.78 is 48.5. The monoisotopic (exact) mass is 323 g/mol. The van der Waals surface area contributed by atoms with Crippen LogP contribution in [-0.2, 0) is 12.6 Å². The van der Waals surface area contributed by atoms with Crippen LogP contribution >= 0.6 is 0 Å². The minimum Gasteiger partial charge on any atom is -0.469 e. The summed E-state index contributed by atoms with van der Waals surface area (Å²) in [6, 6.07) is 1.90. The number of nitrogens with zero attached hydrogens (tertiary/aromatic N) is 3. The average molecular weight is 323 g/mol. The molecular weight excluding hydrogens is 311 g/mol. The molecule has 0 aliphatic heterocycles. The molecule has 0 atom stereocenters. The van der Waals surface area contributed by atoms with Gasteiger partial charge in [0.15, 0.2) is 5.82 Å². The normalized spacial score (nSPS) is 11.9. The van der Waals surface area contributed by atoms with Crippen molar-refractivity contribution in [2.45, 2.75) is 26.4 Å². The van der Waals surface area contributed by atoms with E-state index in [0.717, 1.165) is 23.9 Å². The minimum absolute atomic E-state index is 0.0450. The second-order valence-corrected chi connectivity index (χ2v) is 5.08. The molecule has 0 N–H and O–H groups in total. The topological polar surface area (TPSA) is 65.0 Å². The highest BCUT2D eigenvalue weighted by molar-refractivity contribution is 5.60. The van der Waals surface area contributed by atoms with Crippen molar-refractivity contribution in [1.29, 1.82) is 0 Å². The number of hydrogen-bond donors (Lipinski definition) is 0. The van der Waals surface area contributed by atoms with Crippen molar-refractivity contribution in [2.24, 2.45) is 0 Å². The van der Waals surface area contributed by atoms with Gasteiger partial charge >= 0.3 is 6.18 Å². The van der Waals surface area contributed by atoms with E-state index < -0.39 is 11.7 Å². The Morgan fingerprint density at radius 1 is 1.22 bits per heavy atom. The van der Waals surface area contributed by atoms with Crippen LogP contribution in [0.5, 0.6) is 0 Å². The van der Waals surface area contributed by atoms with E-state index in [1.54, 1.807) is 13.2 Å². The lowest BCUT2D eigenvalue weighted by Crippen LogP contribution is -2.06. The Balaban J connectivity index is 1.85. The smallest absolute Gasteiger partial charge is 0.416 e. The molecule has 3 rings (SSSR count). The van der Waals surface area contributed by atoms with Crippen molar-refractivity contribution < 1.29 is 22.1 Å². The first-order valence-corrected chi connectivity index (χ1v) is 6.74. The molecule has 0 radical (unpaired) electrons. The van der Waals surface area contributed by atoms with Gasteiger partial charge in [0.25, 0.3) is 5.89 Å². The highest BCUT2D eigenvalue weighted by Gasteiger charge is 2.30. The third-order valence-electron chi connectivity index (χ3n) is 3.32. The Morgan fingerprint density at radius 3 is 2.65 bits per heavy atom. The van der Waals surface area contributed by atoms with Crippen molar-refractivity contribution >= 4 is 0 Å². The molecule has 120 valence electrons. The zero-order valence-corrected chi connectivity index (χ0v) is 12.3. The summed E-state index contributed by atoms with van der Waals surface area (Å²) in [5, 5.41) is 3.79. The largest absolute Gasteiger partial charge is 0.469 e. The predicted molar refractivity (Wildman–Crippen MR) is 73.5 cm³/mol. The van der Waals surface area contributed by atoms with E-state index in [1.807, 2.05) is 6.92 Å². The lowest BCUT2D eigenvalue weighted by atomic mass is 10.1. The Morgan fingerprint density at radius 2 is 2.00 bits per heavy atom. The Labute approximate surface area is 129 Å². The number of halogens is 3. The Hall–Kier alpha value is -2.64.